The van der Waals surface area contributed by atoms with Crippen molar-refractivity contribution in [2.45, 2.75) is 58.3 Å². The van der Waals surface area contributed by atoms with Crippen molar-refractivity contribution in [2.24, 2.45) is 5.41 Å². The highest BCUT2D eigenvalue weighted by molar-refractivity contribution is 6.29. The predicted octanol–water partition coefficient (Wildman–Crippen LogP) is 2.59. The maximum Gasteiger partial charge on any atom is 0.207 e. The molecule has 2 unspecified atom stereocenters. The Labute approximate surface area is 162 Å². The number of aliphatic hydroxyl groups is 2. The highest BCUT2D eigenvalue weighted by atomic mass is 35.5. The van der Waals surface area contributed by atoms with E-state index in [1.54, 1.807) is 6.92 Å². The molecule has 1 heterocycles. The van der Waals surface area contributed by atoms with E-state index in [2.05, 4.69) is 24.1 Å². The molecule has 1 aliphatic heterocycles. The summed E-state index contributed by atoms with van der Waals surface area (Å²) in [5.41, 5.74) is -1.19. The zero-order valence-electron chi connectivity index (χ0n) is 16.3. The van der Waals surface area contributed by atoms with Crippen LogP contribution in [-0.2, 0) is 4.79 Å². The number of amides is 1. The average Bonchev–Trinajstić information content (AvgIpc) is 2.57. The van der Waals surface area contributed by atoms with E-state index >= 15 is 0 Å². The third kappa shape index (κ3) is 6.54. The van der Waals surface area contributed by atoms with Crippen molar-refractivity contribution in [1.29, 1.82) is 0 Å². The van der Waals surface area contributed by atoms with Crippen LogP contribution in [0.5, 0.6) is 0 Å². The minimum Gasteiger partial charge on any atom is -0.391 e. The molecular weight excluding hydrogens is 352 g/mol. The normalized spacial score (nSPS) is 27.0. The third-order valence-corrected chi connectivity index (χ3v) is 5.47. The van der Waals surface area contributed by atoms with E-state index in [4.69, 9.17) is 11.6 Å². The van der Waals surface area contributed by atoms with Crippen molar-refractivity contribution in [2.75, 3.05) is 19.6 Å². The zero-order chi connectivity index (χ0) is 19.8. The van der Waals surface area contributed by atoms with E-state index < -0.39 is 11.7 Å². The van der Waals surface area contributed by atoms with Crippen molar-refractivity contribution in [3.05, 3.63) is 35.4 Å². The van der Waals surface area contributed by atoms with Gasteiger partial charge in [0.05, 0.1) is 17.7 Å². The van der Waals surface area contributed by atoms with E-state index in [0.717, 1.165) is 24.5 Å². The predicted molar refractivity (Wildman–Crippen MR) is 107 cm³/mol. The molecule has 1 amide bonds. The van der Waals surface area contributed by atoms with Crippen LogP contribution in [0.25, 0.3) is 0 Å². The molecule has 0 saturated carbocycles. The number of hydrogen-bond acceptors (Lipinski definition) is 4. The number of carbonyl (C=O) groups excluding carboxylic acids is 1. The molecule has 0 bridgehead atoms. The summed E-state index contributed by atoms with van der Waals surface area (Å²) >= 11 is 6.02. The van der Waals surface area contributed by atoms with Crippen LogP contribution in [0.1, 0.15) is 40.5 Å². The fraction of sp³-hybridized carbons (Fsp3) is 0.650. The topological polar surface area (TPSA) is 72.8 Å². The van der Waals surface area contributed by atoms with Gasteiger partial charge in [-0.1, -0.05) is 56.7 Å². The maximum atomic E-state index is 11.1. The van der Waals surface area contributed by atoms with Gasteiger partial charge in [0.2, 0.25) is 6.41 Å². The average molecular weight is 385 g/mol. The molecule has 1 saturated heterocycles. The molecule has 3 atom stereocenters. The molecule has 0 aromatic rings. The number of aliphatic hydroxyl groups excluding tert-OH is 1. The Morgan fingerprint density at radius 3 is 2.65 bits per heavy atom. The first-order valence-electron chi connectivity index (χ1n) is 9.18. The van der Waals surface area contributed by atoms with E-state index in [9.17, 15) is 15.0 Å². The van der Waals surface area contributed by atoms with Crippen molar-refractivity contribution in [1.82, 2.24) is 10.2 Å². The molecule has 3 N–H and O–H groups in total. The second-order valence-electron chi connectivity index (χ2n) is 7.60. The first-order valence-corrected chi connectivity index (χ1v) is 9.56. The highest BCUT2D eigenvalue weighted by Crippen LogP contribution is 2.39. The van der Waals surface area contributed by atoms with Crippen molar-refractivity contribution >= 4 is 18.0 Å². The van der Waals surface area contributed by atoms with Crippen LogP contribution in [0.4, 0.5) is 0 Å². The number of allylic oxidation sites excluding steroid dienone is 3. The summed E-state index contributed by atoms with van der Waals surface area (Å²) in [6.45, 7) is 9.96. The van der Waals surface area contributed by atoms with Crippen LogP contribution >= 0.6 is 11.6 Å². The number of likely N-dealkylation sites (tertiary alicyclic amines) is 1. The van der Waals surface area contributed by atoms with Crippen LogP contribution in [0.2, 0.25) is 0 Å². The first-order chi connectivity index (χ1) is 12.1. The second kappa shape index (κ2) is 10.3. The fourth-order valence-electron chi connectivity index (χ4n) is 3.13. The maximum absolute atomic E-state index is 11.1. The molecule has 1 fully saturated rings. The minimum atomic E-state index is -0.879. The monoisotopic (exact) mass is 384 g/mol. The lowest BCUT2D eigenvalue weighted by atomic mass is 9.70. The van der Waals surface area contributed by atoms with Gasteiger partial charge < -0.3 is 15.5 Å². The van der Waals surface area contributed by atoms with Crippen LogP contribution in [-0.4, -0.2) is 58.9 Å². The Balaban J connectivity index is 2.69. The lowest BCUT2D eigenvalue weighted by Gasteiger charge is -2.49. The van der Waals surface area contributed by atoms with E-state index in [1.807, 2.05) is 37.3 Å². The largest absolute Gasteiger partial charge is 0.391 e. The number of halogens is 1. The van der Waals surface area contributed by atoms with Gasteiger partial charge in [0.1, 0.15) is 0 Å². The highest BCUT2D eigenvalue weighted by Gasteiger charge is 2.45. The van der Waals surface area contributed by atoms with Crippen LogP contribution in [0.15, 0.2) is 35.4 Å². The van der Waals surface area contributed by atoms with Crippen LogP contribution in [0, 0.1) is 5.41 Å². The number of nitrogens with one attached hydrogen (secondary N) is 1. The molecule has 0 radical (unpaired) electrons. The van der Waals surface area contributed by atoms with Crippen LogP contribution < -0.4 is 5.32 Å². The summed E-state index contributed by atoms with van der Waals surface area (Å²) in [6.07, 6.45) is 10.7. The lowest BCUT2D eigenvalue weighted by molar-refractivity contribution is -0.110. The van der Waals surface area contributed by atoms with Crippen molar-refractivity contribution in [3.8, 4) is 0 Å². The summed E-state index contributed by atoms with van der Waals surface area (Å²) in [6, 6.07) is -0.389. The molecular formula is C20H33ClN2O3. The number of rotatable bonds is 9. The van der Waals surface area contributed by atoms with E-state index in [1.165, 1.54) is 0 Å². The first kappa shape index (κ1) is 22.9. The summed E-state index contributed by atoms with van der Waals surface area (Å²) in [7, 11) is 0. The van der Waals surface area contributed by atoms with Gasteiger partial charge >= 0.3 is 0 Å². The number of nitrogens with zero attached hydrogens (tertiary/aromatic N) is 1. The molecule has 0 aromatic carbocycles. The van der Waals surface area contributed by atoms with Gasteiger partial charge in [-0.3, -0.25) is 9.69 Å². The van der Waals surface area contributed by atoms with Gasteiger partial charge in [0, 0.05) is 30.1 Å². The van der Waals surface area contributed by atoms with Gasteiger partial charge in [-0.25, -0.2) is 0 Å². The molecule has 0 spiro atoms. The Hall–Kier alpha value is -1.14. The number of piperidine rings is 1. The third-order valence-electron chi connectivity index (χ3n) is 5.07. The van der Waals surface area contributed by atoms with E-state index in [-0.39, 0.29) is 11.5 Å². The Kier molecular flexibility index (Phi) is 9.04. The minimum absolute atomic E-state index is 0.313. The van der Waals surface area contributed by atoms with Gasteiger partial charge in [-0.05, 0) is 25.8 Å². The second-order valence-corrected chi connectivity index (χ2v) is 8.08. The van der Waals surface area contributed by atoms with Crippen molar-refractivity contribution in [3.63, 3.8) is 0 Å². The summed E-state index contributed by atoms with van der Waals surface area (Å²) in [5, 5.41) is 24.1. The summed E-state index contributed by atoms with van der Waals surface area (Å²) in [5.74, 6) is 0. The van der Waals surface area contributed by atoms with Gasteiger partial charge in [-0.15, -0.1) is 0 Å². The SMILES string of the molecule is CC/C(Cl)=C\C=C\C1(O)CCN(C/C=C/[C@H](NC=O)C(C)O)CC1(C)C. The molecule has 5 nitrogen and oxygen atoms in total. The number of hydrogen-bond donors (Lipinski definition) is 3. The van der Waals surface area contributed by atoms with Crippen molar-refractivity contribution < 1.29 is 15.0 Å². The smallest absolute Gasteiger partial charge is 0.207 e. The zero-order valence-corrected chi connectivity index (χ0v) is 17.0. The molecule has 148 valence electrons. The Morgan fingerprint density at radius 2 is 2.12 bits per heavy atom. The van der Waals surface area contributed by atoms with Gasteiger partial charge in [0.25, 0.3) is 0 Å². The fourth-order valence-corrected chi connectivity index (χ4v) is 3.20. The summed E-state index contributed by atoms with van der Waals surface area (Å²) in [4.78, 5) is 12.8. The molecule has 6 heteroatoms. The standard InChI is InChI=1S/C20H33ClN2O3/c1-5-17(21)8-6-10-20(26)11-13-23(14-19(20,3)4)12-7-9-18(16(2)25)22-15-24/h6-10,15-16,18,25-26H,5,11-14H2,1-4H3,(H,22,24)/b9-7+,10-6+,17-8+/t16?,18-,20?/m0/s1. The summed E-state index contributed by atoms with van der Waals surface area (Å²) < 4.78 is 0. The number of carbonyl (C=O) groups is 1. The molecule has 0 aromatic heterocycles. The molecule has 1 aliphatic rings. The van der Waals surface area contributed by atoms with E-state index in [0.29, 0.717) is 19.4 Å². The Bertz CT molecular complexity index is 543. The molecule has 26 heavy (non-hydrogen) atoms. The Morgan fingerprint density at radius 1 is 1.42 bits per heavy atom. The molecule has 0 aliphatic carbocycles. The lowest BCUT2D eigenvalue weighted by Crippen LogP contribution is -2.56. The van der Waals surface area contributed by atoms with Crippen LogP contribution in [0.3, 0.4) is 0 Å². The quantitative estimate of drug-likeness (QED) is 0.324. The van der Waals surface area contributed by atoms with Gasteiger partial charge in [0.15, 0.2) is 0 Å². The molecule has 1 rings (SSSR count). The van der Waals surface area contributed by atoms with Gasteiger partial charge in [-0.2, -0.15) is 0 Å².